The number of hydrogen-bond acceptors (Lipinski definition) is 4. The Morgan fingerprint density at radius 1 is 1.39 bits per heavy atom. The number of rotatable bonds is 11. The van der Waals surface area contributed by atoms with Crippen LogP contribution in [0.2, 0.25) is 0 Å². The Morgan fingerprint density at radius 3 is 2.67 bits per heavy atom. The molecule has 1 saturated carbocycles. The quantitative estimate of drug-likeness (QED) is 0.547. The van der Waals surface area contributed by atoms with Crippen molar-refractivity contribution in [1.29, 1.82) is 0 Å². The molecule has 0 heterocycles. The van der Waals surface area contributed by atoms with E-state index in [2.05, 4.69) is 11.9 Å². The van der Waals surface area contributed by atoms with Crippen molar-refractivity contribution in [2.45, 2.75) is 44.6 Å². The first-order chi connectivity index (χ1) is 8.59. The van der Waals surface area contributed by atoms with E-state index in [1.165, 1.54) is 12.8 Å². The molecule has 1 aliphatic rings. The molecule has 0 radical (unpaired) electrons. The van der Waals surface area contributed by atoms with Gasteiger partial charge in [0, 0.05) is 18.7 Å². The Kier molecular flexibility index (Phi) is 7.15. The third-order valence-electron chi connectivity index (χ3n) is 3.90. The molecule has 0 aromatic heterocycles. The van der Waals surface area contributed by atoms with Gasteiger partial charge in [0.2, 0.25) is 0 Å². The summed E-state index contributed by atoms with van der Waals surface area (Å²) in [5, 5.41) is 9.22. The molecular formula is C14H30N2O2. The maximum atomic E-state index is 9.22. The van der Waals surface area contributed by atoms with Gasteiger partial charge >= 0.3 is 0 Å². The van der Waals surface area contributed by atoms with E-state index < -0.39 is 0 Å². The molecule has 1 unspecified atom stereocenters. The van der Waals surface area contributed by atoms with Crippen LogP contribution >= 0.6 is 0 Å². The summed E-state index contributed by atoms with van der Waals surface area (Å²) in [5.41, 5.74) is 5.67. The molecular weight excluding hydrogens is 228 g/mol. The average Bonchev–Trinajstić information content (AvgIpc) is 3.18. The van der Waals surface area contributed by atoms with Gasteiger partial charge in [-0.15, -0.1) is 0 Å². The zero-order chi connectivity index (χ0) is 13.4. The summed E-state index contributed by atoms with van der Waals surface area (Å²) in [6.07, 6.45) is 5.45. The summed E-state index contributed by atoms with van der Waals surface area (Å²) < 4.78 is 5.61. The Labute approximate surface area is 111 Å². The minimum Gasteiger partial charge on any atom is -0.394 e. The first kappa shape index (κ1) is 15.9. The van der Waals surface area contributed by atoms with Crippen LogP contribution in [-0.2, 0) is 4.74 Å². The Balaban J connectivity index is 1.96. The highest BCUT2D eigenvalue weighted by Gasteiger charge is 2.21. The highest BCUT2D eigenvalue weighted by molar-refractivity contribution is 4.81. The van der Waals surface area contributed by atoms with Crippen molar-refractivity contribution in [3.63, 3.8) is 0 Å². The van der Waals surface area contributed by atoms with Gasteiger partial charge in [-0.25, -0.2) is 0 Å². The van der Waals surface area contributed by atoms with Gasteiger partial charge in [0.25, 0.3) is 0 Å². The van der Waals surface area contributed by atoms with Crippen LogP contribution < -0.4 is 5.73 Å². The minimum absolute atomic E-state index is 0.0811. The molecule has 108 valence electrons. The number of hydrogen-bond donors (Lipinski definition) is 2. The Morgan fingerprint density at radius 2 is 2.11 bits per heavy atom. The molecule has 0 aliphatic heterocycles. The lowest BCUT2D eigenvalue weighted by Gasteiger charge is -2.26. The largest absolute Gasteiger partial charge is 0.394 e. The summed E-state index contributed by atoms with van der Waals surface area (Å²) in [6.45, 7) is 5.89. The van der Waals surface area contributed by atoms with Crippen LogP contribution in [0.15, 0.2) is 0 Å². The number of ether oxygens (including phenoxy) is 1. The lowest BCUT2D eigenvalue weighted by atomic mass is 9.92. The van der Waals surface area contributed by atoms with Crippen LogP contribution in [0.25, 0.3) is 0 Å². The third kappa shape index (κ3) is 6.69. The smallest absolute Gasteiger partial charge is 0.0611 e. The molecule has 0 amide bonds. The third-order valence-corrected chi connectivity index (χ3v) is 3.90. The van der Waals surface area contributed by atoms with E-state index in [-0.39, 0.29) is 12.1 Å². The minimum atomic E-state index is -0.386. The number of aliphatic hydroxyl groups excluding tert-OH is 1. The lowest BCUT2D eigenvalue weighted by molar-refractivity contribution is 0.101. The fourth-order valence-corrected chi connectivity index (χ4v) is 1.94. The Bertz CT molecular complexity index is 216. The van der Waals surface area contributed by atoms with Crippen molar-refractivity contribution in [3.05, 3.63) is 0 Å². The van der Waals surface area contributed by atoms with E-state index in [1.54, 1.807) is 0 Å². The van der Waals surface area contributed by atoms with Crippen LogP contribution in [0.5, 0.6) is 0 Å². The predicted molar refractivity (Wildman–Crippen MR) is 74.6 cm³/mol. The standard InChI is InChI=1S/C14H30N2O2/c1-3-14(15,12-17)7-4-8-16(2)9-10-18-11-13-5-6-13/h13,17H,3-12,15H2,1-2H3. The number of likely N-dealkylation sites (N-methyl/N-ethyl adjacent to an activating group) is 1. The van der Waals surface area contributed by atoms with Crippen LogP contribution in [-0.4, -0.2) is 55.5 Å². The summed E-state index contributed by atoms with van der Waals surface area (Å²) in [4.78, 5) is 2.28. The van der Waals surface area contributed by atoms with E-state index >= 15 is 0 Å². The number of aliphatic hydroxyl groups is 1. The number of nitrogens with zero attached hydrogens (tertiary/aromatic N) is 1. The lowest BCUT2D eigenvalue weighted by Crippen LogP contribution is -2.43. The second kappa shape index (κ2) is 8.10. The summed E-state index contributed by atoms with van der Waals surface area (Å²) >= 11 is 0. The van der Waals surface area contributed by atoms with Crippen molar-refractivity contribution in [3.8, 4) is 0 Å². The maximum absolute atomic E-state index is 9.22. The highest BCUT2D eigenvalue weighted by Crippen LogP contribution is 2.28. The summed E-state index contributed by atoms with van der Waals surface area (Å²) in [5.74, 6) is 0.849. The van der Waals surface area contributed by atoms with E-state index in [0.29, 0.717) is 0 Å². The zero-order valence-corrected chi connectivity index (χ0v) is 12.0. The molecule has 1 atom stereocenters. The van der Waals surface area contributed by atoms with Gasteiger partial charge in [-0.05, 0) is 51.6 Å². The number of nitrogens with two attached hydrogens (primary N) is 1. The van der Waals surface area contributed by atoms with Crippen molar-refractivity contribution in [2.75, 3.05) is 40.0 Å². The van der Waals surface area contributed by atoms with Gasteiger partial charge < -0.3 is 20.5 Å². The SMILES string of the molecule is CCC(N)(CO)CCCN(C)CCOCC1CC1. The van der Waals surface area contributed by atoms with E-state index in [0.717, 1.165) is 51.5 Å². The molecule has 0 saturated heterocycles. The van der Waals surface area contributed by atoms with Gasteiger partial charge in [-0.1, -0.05) is 6.92 Å². The topological polar surface area (TPSA) is 58.7 Å². The monoisotopic (exact) mass is 258 g/mol. The van der Waals surface area contributed by atoms with Crippen LogP contribution in [0.3, 0.4) is 0 Å². The first-order valence-electron chi connectivity index (χ1n) is 7.25. The van der Waals surface area contributed by atoms with Crippen LogP contribution in [0, 0.1) is 5.92 Å². The molecule has 0 aromatic rings. The molecule has 4 heteroatoms. The predicted octanol–water partition coefficient (Wildman–Crippen LogP) is 1.22. The molecule has 3 N–H and O–H groups in total. The summed E-state index contributed by atoms with van der Waals surface area (Å²) in [7, 11) is 2.11. The van der Waals surface area contributed by atoms with Gasteiger partial charge in [0.1, 0.15) is 0 Å². The molecule has 0 bridgehead atoms. The van der Waals surface area contributed by atoms with Gasteiger partial charge in [-0.3, -0.25) is 0 Å². The molecule has 1 aliphatic carbocycles. The average molecular weight is 258 g/mol. The van der Waals surface area contributed by atoms with E-state index in [1.807, 2.05) is 6.92 Å². The van der Waals surface area contributed by atoms with Gasteiger partial charge in [-0.2, -0.15) is 0 Å². The van der Waals surface area contributed by atoms with Crippen molar-refractivity contribution < 1.29 is 9.84 Å². The van der Waals surface area contributed by atoms with Crippen LogP contribution in [0.1, 0.15) is 39.0 Å². The van der Waals surface area contributed by atoms with Crippen molar-refractivity contribution >= 4 is 0 Å². The second-order valence-corrected chi connectivity index (χ2v) is 5.80. The molecule has 1 rings (SSSR count). The molecule has 4 nitrogen and oxygen atoms in total. The van der Waals surface area contributed by atoms with E-state index in [9.17, 15) is 5.11 Å². The highest BCUT2D eigenvalue weighted by atomic mass is 16.5. The first-order valence-corrected chi connectivity index (χ1v) is 7.25. The zero-order valence-electron chi connectivity index (χ0n) is 12.0. The Hall–Kier alpha value is -0.160. The van der Waals surface area contributed by atoms with E-state index in [4.69, 9.17) is 10.5 Å². The van der Waals surface area contributed by atoms with Crippen molar-refractivity contribution in [2.24, 2.45) is 11.7 Å². The molecule has 0 spiro atoms. The van der Waals surface area contributed by atoms with Gasteiger partial charge in [0.05, 0.1) is 13.2 Å². The normalized spacial score (nSPS) is 19.2. The van der Waals surface area contributed by atoms with Crippen molar-refractivity contribution in [1.82, 2.24) is 4.90 Å². The second-order valence-electron chi connectivity index (χ2n) is 5.80. The summed E-state index contributed by atoms with van der Waals surface area (Å²) in [6, 6.07) is 0. The van der Waals surface area contributed by atoms with Gasteiger partial charge in [0.15, 0.2) is 0 Å². The maximum Gasteiger partial charge on any atom is 0.0611 e. The molecule has 18 heavy (non-hydrogen) atoms. The fraction of sp³-hybridized carbons (Fsp3) is 1.00. The fourth-order valence-electron chi connectivity index (χ4n) is 1.94. The van der Waals surface area contributed by atoms with Crippen LogP contribution in [0.4, 0.5) is 0 Å². The molecule has 0 aromatic carbocycles. The molecule has 1 fully saturated rings.